The fourth-order valence-electron chi connectivity index (χ4n) is 2.47. The van der Waals surface area contributed by atoms with Crippen LogP contribution >= 0.6 is 0 Å². The highest BCUT2D eigenvalue weighted by atomic mass is 16.1. The van der Waals surface area contributed by atoms with Gasteiger partial charge in [0.1, 0.15) is 17.8 Å². The molecule has 0 bridgehead atoms. The number of carbonyl (C=O) groups excluding carboxylic acids is 1. The third-order valence-corrected chi connectivity index (χ3v) is 4.16. The van der Waals surface area contributed by atoms with Crippen LogP contribution in [0.15, 0.2) is 54.9 Å². The second-order valence-corrected chi connectivity index (χ2v) is 5.93. The number of carbonyl (C=O) groups is 1. The first-order valence-electron chi connectivity index (χ1n) is 8.07. The fourth-order valence-corrected chi connectivity index (χ4v) is 2.47. The minimum atomic E-state index is -0.260. The number of nitrogens with zero attached hydrogens (tertiary/aromatic N) is 2. The molecule has 2 N–H and O–H groups in total. The van der Waals surface area contributed by atoms with Gasteiger partial charge in [0, 0.05) is 17.4 Å². The maximum Gasteiger partial charge on any atom is 0.274 e. The molecular formula is C20H20N4O. The summed E-state index contributed by atoms with van der Waals surface area (Å²) in [5, 5.41) is 6.13. The van der Waals surface area contributed by atoms with Gasteiger partial charge in [-0.05, 0) is 49.6 Å². The minimum Gasteiger partial charge on any atom is -0.340 e. The number of hydrogen-bond donors (Lipinski definition) is 2. The Balaban J connectivity index is 1.80. The molecule has 25 heavy (non-hydrogen) atoms. The Kier molecular flexibility index (Phi) is 4.75. The molecule has 0 atom stereocenters. The normalized spacial score (nSPS) is 10.4. The predicted octanol–water partition coefficient (Wildman–Crippen LogP) is 4.40. The zero-order chi connectivity index (χ0) is 17.8. The van der Waals surface area contributed by atoms with Gasteiger partial charge in [-0.2, -0.15) is 0 Å². The number of amides is 1. The molecule has 126 valence electrons. The first kappa shape index (κ1) is 16.6. The van der Waals surface area contributed by atoms with Gasteiger partial charge in [-0.3, -0.25) is 4.79 Å². The SMILES string of the molecule is Cc1ccccc1Nc1cc(C(=O)Nc2cccc(C)c2C)ncn1. The van der Waals surface area contributed by atoms with Crippen LogP contribution in [0.3, 0.4) is 0 Å². The van der Waals surface area contributed by atoms with E-state index >= 15 is 0 Å². The van der Waals surface area contributed by atoms with Gasteiger partial charge in [0.05, 0.1) is 0 Å². The molecule has 0 saturated heterocycles. The Hall–Kier alpha value is -3.21. The van der Waals surface area contributed by atoms with Crippen molar-refractivity contribution in [1.82, 2.24) is 9.97 Å². The van der Waals surface area contributed by atoms with Crippen molar-refractivity contribution in [2.24, 2.45) is 0 Å². The summed E-state index contributed by atoms with van der Waals surface area (Å²) in [4.78, 5) is 20.8. The smallest absolute Gasteiger partial charge is 0.274 e. The maximum absolute atomic E-state index is 12.5. The highest BCUT2D eigenvalue weighted by molar-refractivity contribution is 6.03. The van der Waals surface area contributed by atoms with Crippen molar-refractivity contribution >= 4 is 23.1 Å². The van der Waals surface area contributed by atoms with Crippen molar-refractivity contribution in [2.75, 3.05) is 10.6 Å². The van der Waals surface area contributed by atoms with Gasteiger partial charge in [0.25, 0.3) is 5.91 Å². The number of aromatic nitrogens is 2. The molecule has 1 amide bonds. The Morgan fingerprint density at radius 2 is 1.60 bits per heavy atom. The summed E-state index contributed by atoms with van der Waals surface area (Å²) >= 11 is 0. The van der Waals surface area contributed by atoms with Crippen molar-refractivity contribution in [3.63, 3.8) is 0 Å². The van der Waals surface area contributed by atoms with E-state index in [1.807, 2.05) is 63.2 Å². The van der Waals surface area contributed by atoms with Crippen LogP contribution in [-0.4, -0.2) is 15.9 Å². The van der Waals surface area contributed by atoms with E-state index in [0.29, 0.717) is 11.5 Å². The minimum absolute atomic E-state index is 0.260. The number of nitrogens with one attached hydrogen (secondary N) is 2. The lowest BCUT2D eigenvalue weighted by Gasteiger charge is -2.11. The van der Waals surface area contributed by atoms with Crippen LogP contribution in [0, 0.1) is 20.8 Å². The zero-order valence-corrected chi connectivity index (χ0v) is 14.5. The van der Waals surface area contributed by atoms with Crippen LogP contribution in [-0.2, 0) is 0 Å². The molecule has 1 heterocycles. The summed E-state index contributed by atoms with van der Waals surface area (Å²) in [5.41, 5.74) is 5.32. The van der Waals surface area contributed by atoms with Gasteiger partial charge in [-0.25, -0.2) is 9.97 Å². The molecule has 0 unspecified atom stereocenters. The van der Waals surface area contributed by atoms with E-state index in [2.05, 4.69) is 20.6 Å². The number of aryl methyl sites for hydroxylation is 2. The highest BCUT2D eigenvalue weighted by Gasteiger charge is 2.11. The number of rotatable bonds is 4. The van der Waals surface area contributed by atoms with Crippen LogP contribution in [0.1, 0.15) is 27.2 Å². The van der Waals surface area contributed by atoms with Crippen LogP contribution < -0.4 is 10.6 Å². The molecule has 0 aliphatic heterocycles. The average molecular weight is 332 g/mol. The van der Waals surface area contributed by atoms with Gasteiger partial charge >= 0.3 is 0 Å². The predicted molar refractivity (Wildman–Crippen MR) is 100 cm³/mol. The van der Waals surface area contributed by atoms with Crippen molar-refractivity contribution in [1.29, 1.82) is 0 Å². The first-order valence-corrected chi connectivity index (χ1v) is 8.07. The summed E-state index contributed by atoms with van der Waals surface area (Å²) in [6.45, 7) is 6.01. The summed E-state index contributed by atoms with van der Waals surface area (Å²) in [6, 6.07) is 15.4. The second kappa shape index (κ2) is 7.13. The number of para-hydroxylation sites is 1. The lowest BCUT2D eigenvalue weighted by Crippen LogP contribution is -2.15. The highest BCUT2D eigenvalue weighted by Crippen LogP contribution is 2.20. The van der Waals surface area contributed by atoms with Crippen molar-refractivity contribution in [3.05, 3.63) is 77.2 Å². The molecule has 0 aliphatic carbocycles. The lowest BCUT2D eigenvalue weighted by atomic mass is 10.1. The van der Waals surface area contributed by atoms with E-state index < -0.39 is 0 Å². The number of benzene rings is 2. The molecule has 0 aliphatic rings. The van der Waals surface area contributed by atoms with Crippen LogP contribution in [0.2, 0.25) is 0 Å². The standard InChI is InChI=1S/C20H20N4O/c1-13-8-6-10-17(15(13)3)24-20(25)18-11-19(22-12-21-18)23-16-9-5-4-7-14(16)2/h4-12H,1-3H3,(H,24,25)(H,21,22,23). The van der Waals surface area contributed by atoms with E-state index in [1.165, 1.54) is 6.33 Å². The zero-order valence-electron chi connectivity index (χ0n) is 14.5. The molecular weight excluding hydrogens is 312 g/mol. The molecule has 5 heteroatoms. The molecule has 0 saturated carbocycles. The van der Waals surface area contributed by atoms with E-state index in [-0.39, 0.29) is 5.91 Å². The summed E-state index contributed by atoms with van der Waals surface area (Å²) in [7, 11) is 0. The third-order valence-electron chi connectivity index (χ3n) is 4.16. The molecule has 2 aromatic carbocycles. The Labute approximate surface area is 147 Å². The molecule has 0 spiro atoms. The average Bonchev–Trinajstić information content (AvgIpc) is 2.61. The molecule has 0 radical (unpaired) electrons. The summed E-state index contributed by atoms with van der Waals surface area (Å²) in [5.74, 6) is 0.319. The monoisotopic (exact) mass is 332 g/mol. The number of anilines is 3. The van der Waals surface area contributed by atoms with E-state index in [1.54, 1.807) is 6.07 Å². The quantitative estimate of drug-likeness (QED) is 0.743. The molecule has 1 aromatic heterocycles. The lowest BCUT2D eigenvalue weighted by molar-refractivity contribution is 0.102. The molecule has 3 rings (SSSR count). The molecule has 5 nitrogen and oxygen atoms in total. The maximum atomic E-state index is 12.5. The van der Waals surface area contributed by atoms with Gasteiger partial charge in [-0.1, -0.05) is 30.3 Å². The van der Waals surface area contributed by atoms with Gasteiger partial charge in [0.2, 0.25) is 0 Å². The number of hydrogen-bond acceptors (Lipinski definition) is 4. The van der Waals surface area contributed by atoms with Gasteiger partial charge in [0.15, 0.2) is 0 Å². The van der Waals surface area contributed by atoms with Crippen LogP contribution in [0.4, 0.5) is 17.2 Å². The van der Waals surface area contributed by atoms with E-state index in [4.69, 9.17) is 0 Å². The van der Waals surface area contributed by atoms with Crippen molar-refractivity contribution < 1.29 is 4.79 Å². The molecule has 3 aromatic rings. The summed E-state index contributed by atoms with van der Waals surface area (Å²) < 4.78 is 0. The van der Waals surface area contributed by atoms with Crippen molar-refractivity contribution in [2.45, 2.75) is 20.8 Å². The van der Waals surface area contributed by atoms with E-state index in [9.17, 15) is 4.79 Å². The Bertz CT molecular complexity index is 921. The second-order valence-electron chi connectivity index (χ2n) is 5.93. The van der Waals surface area contributed by atoms with Crippen LogP contribution in [0.25, 0.3) is 0 Å². The van der Waals surface area contributed by atoms with Crippen molar-refractivity contribution in [3.8, 4) is 0 Å². The third kappa shape index (κ3) is 3.83. The van der Waals surface area contributed by atoms with Gasteiger partial charge in [-0.15, -0.1) is 0 Å². The Morgan fingerprint density at radius 1 is 0.880 bits per heavy atom. The molecule has 0 fully saturated rings. The van der Waals surface area contributed by atoms with Crippen LogP contribution in [0.5, 0.6) is 0 Å². The largest absolute Gasteiger partial charge is 0.340 e. The van der Waals surface area contributed by atoms with Gasteiger partial charge < -0.3 is 10.6 Å². The first-order chi connectivity index (χ1) is 12.0. The Morgan fingerprint density at radius 3 is 2.40 bits per heavy atom. The summed E-state index contributed by atoms with van der Waals surface area (Å²) in [6.07, 6.45) is 1.39. The topological polar surface area (TPSA) is 66.9 Å². The fraction of sp³-hybridized carbons (Fsp3) is 0.150. The van der Waals surface area contributed by atoms with E-state index in [0.717, 1.165) is 28.1 Å².